The maximum atomic E-state index is 11.9. The second kappa shape index (κ2) is 5.67. The van der Waals surface area contributed by atoms with Gasteiger partial charge in [-0.2, -0.15) is 0 Å². The van der Waals surface area contributed by atoms with E-state index in [1.54, 1.807) is 7.05 Å². The van der Waals surface area contributed by atoms with Crippen LogP contribution in [0.15, 0.2) is 0 Å². The van der Waals surface area contributed by atoms with Gasteiger partial charge in [0.05, 0.1) is 6.04 Å². The molecule has 2 fully saturated rings. The van der Waals surface area contributed by atoms with Crippen molar-refractivity contribution in [3.8, 4) is 0 Å². The summed E-state index contributed by atoms with van der Waals surface area (Å²) in [6.45, 7) is 1.13. The second-order valence-electron chi connectivity index (χ2n) is 5.16. The molecule has 0 aromatic carbocycles. The van der Waals surface area contributed by atoms with E-state index in [9.17, 15) is 4.79 Å². The summed E-state index contributed by atoms with van der Waals surface area (Å²) in [6, 6.07) is 0.832. The summed E-state index contributed by atoms with van der Waals surface area (Å²) in [5.74, 6) is 0.227. The van der Waals surface area contributed by atoms with E-state index in [1.807, 2.05) is 0 Å². The highest BCUT2D eigenvalue weighted by Gasteiger charge is 2.33. The van der Waals surface area contributed by atoms with Crippen LogP contribution >= 0.6 is 0 Å². The highest BCUT2D eigenvalue weighted by Crippen LogP contribution is 2.28. The topological polar surface area (TPSA) is 32.3 Å². The lowest BCUT2D eigenvalue weighted by Gasteiger charge is -2.41. The van der Waals surface area contributed by atoms with E-state index in [2.05, 4.69) is 10.2 Å². The van der Waals surface area contributed by atoms with Gasteiger partial charge in [0.15, 0.2) is 0 Å². The molecule has 92 valence electrons. The molecule has 0 aromatic heterocycles. The Kier molecular flexibility index (Phi) is 4.22. The van der Waals surface area contributed by atoms with E-state index in [1.165, 1.54) is 44.9 Å². The predicted molar refractivity (Wildman–Crippen MR) is 65.3 cm³/mol. The van der Waals surface area contributed by atoms with Crippen molar-refractivity contribution in [1.29, 1.82) is 0 Å². The Morgan fingerprint density at radius 2 is 1.75 bits per heavy atom. The van der Waals surface area contributed by atoms with Crippen LogP contribution in [0.4, 0.5) is 0 Å². The van der Waals surface area contributed by atoms with Crippen LogP contribution in [0, 0.1) is 0 Å². The quantitative estimate of drug-likeness (QED) is 0.777. The Balaban J connectivity index is 2.00. The van der Waals surface area contributed by atoms with Gasteiger partial charge in [-0.25, -0.2) is 0 Å². The highest BCUT2D eigenvalue weighted by atomic mass is 16.2. The first-order valence-electron chi connectivity index (χ1n) is 6.80. The van der Waals surface area contributed by atoms with E-state index < -0.39 is 0 Å². The highest BCUT2D eigenvalue weighted by molar-refractivity contribution is 5.81. The molecule has 1 N–H and O–H groups in total. The average Bonchev–Trinajstić information content (AvgIpc) is 2.39. The van der Waals surface area contributed by atoms with Gasteiger partial charge in [-0.3, -0.25) is 9.69 Å². The molecule has 0 unspecified atom stereocenters. The van der Waals surface area contributed by atoms with Crippen LogP contribution in [-0.2, 0) is 4.79 Å². The third-order valence-electron chi connectivity index (χ3n) is 4.14. The minimum atomic E-state index is 0.154. The normalized spacial score (nSPS) is 28.9. The monoisotopic (exact) mass is 224 g/mol. The van der Waals surface area contributed by atoms with Crippen molar-refractivity contribution in [1.82, 2.24) is 10.2 Å². The summed E-state index contributed by atoms with van der Waals surface area (Å²) in [6.07, 6.45) is 10.2. The van der Waals surface area contributed by atoms with Gasteiger partial charge in [-0.15, -0.1) is 0 Å². The summed E-state index contributed by atoms with van der Waals surface area (Å²) in [4.78, 5) is 14.4. The van der Waals surface area contributed by atoms with Gasteiger partial charge < -0.3 is 5.32 Å². The number of hydrogen-bond acceptors (Lipinski definition) is 2. The Hall–Kier alpha value is -0.570. The van der Waals surface area contributed by atoms with Crippen LogP contribution in [0.2, 0.25) is 0 Å². The molecule has 2 aliphatic rings. The van der Waals surface area contributed by atoms with Gasteiger partial charge in [0.1, 0.15) is 0 Å². The molecule has 1 aliphatic heterocycles. The minimum Gasteiger partial charge on any atom is -0.358 e. The lowest BCUT2D eigenvalue weighted by molar-refractivity contribution is -0.128. The molecule has 2 rings (SSSR count). The zero-order valence-corrected chi connectivity index (χ0v) is 10.4. The molecular formula is C13H24N2O. The predicted octanol–water partition coefficient (Wildman–Crippen LogP) is 1.92. The molecule has 0 aromatic rings. The van der Waals surface area contributed by atoms with Crippen molar-refractivity contribution in [3.63, 3.8) is 0 Å². The lowest BCUT2D eigenvalue weighted by Crippen LogP contribution is -2.53. The van der Waals surface area contributed by atoms with Gasteiger partial charge in [-0.1, -0.05) is 25.7 Å². The van der Waals surface area contributed by atoms with Gasteiger partial charge in [-0.05, 0) is 32.2 Å². The number of carbonyl (C=O) groups is 1. The molecule has 1 amide bonds. The van der Waals surface area contributed by atoms with E-state index in [-0.39, 0.29) is 11.9 Å². The first-order valence-corrected chi connectivity index (χ1v) is 6.80. The molecule has 0 radical (unpaired) electrons. The van der Waals surface area contributed by atoms with Gasteiger partial charge >= 0.3 is 0 Å². The van der Waals surface area contributed by atoms with Crippen molar-refractivity contribution in [3.05, 3.63) is 0 Å². The third-order valence-corrected chi connectivity index (χ3v) is 4.14. The molecule has 1 atom stereocenters. The fourth-order valence-corrected chi connectivity index (χ4v) is 3.25. The van der Waals surface area contributed by atoms with Gasteiger partial charge in [0.2, 0.25) is 5.91 Å². The molecule has 16 heavy (non-hydrogen) atoms. The van der Waals surface area contributed by atoms with Crippen molar-refractivity contribution in [2.45, 2.75) is 63.5 Å². The number of amides is 1. The molecule has 0 bridgehead atoms. The first-order chi connectivity index (χ1) is 7.83. The number of nitrogens with zero attached hydrogens (tertiary/aromatic N) is 1. The Morgan fingerprint density at radius 1 is 1.06 bits per heavy atom. The molecule has 3 nitrogen and oxygen atoms in total. The molecule has 1 saturated heterocycles. The molecule has 1 heterocycles. The Bertz CT molecular complexity index is 236. The number of likely N-dealkylation sites (tertiary alicyclic amines) is 1. The standard InChI is InChI=1S/C13H24N2O/c1-14-13(16)12-9-5-6-10-15(12)11-7-3-2-4-8-11/h11-12H,2-10H2,1H3,(H,14,16)/t12-/m1/s1. The zero-order chi connectivity index (χ0) is 11.4. The third kappa shape index (κ3) is 2.57. The van der Waals surface area contributed by atoms with E-state index >= 15 is 0 Å². The lowest BCUT2D eigenvalue weighted by atomic mass is 9.90. The smallest absolute Gasteiger partial charge is 0.237 e. The Morgan fingerprint density at radius 3 is 2.44 bits per heavy atom. The molecular weight excluding hydrogens is 200 g/mol. The first kappa shape index (κ1) is 11.9. The van der Waals surface area contributed by atoms with Crippen LogP contribution in [0.5, 0.6) is 0 Å². The zero-order valence-electron chi connectivity index (χ0n) is 10.4. The van der Waals surface area contributed by atoms with Crippen LogP contribution in [-0.4, -0.2) is 36.5 Å². The van der Waals surface area contributed by atoms with Crippen molar-refractivity contribution in [2.75, 3.05) is 13.6 Å². The van der Waals surface area contributed by atoms with E-state index in [0.29, 0.717) is 6.04 Å². The number of hydrogen-bond donors (Lipinski definition) is 1. The SMILES string of the molecule is CNC(=O)[C@H]1CCCCN1C1CCCCC1. The molecule has 1 aliphatic carbocycles. The number of likely N-dealkylation sites (N-methyl/N-ethyl adjacent to an activating group) is 1. The van der Waals surface area contributed by atoms with Crippen LogP contribution in [0.1, 0.15) is 51.4 Å². The summed E-state index contributed by atoms with van der Waals surface area (Å²) < 4.78 is 0. The van der Waals surface area contributed by atoms with Crippen LogP contribution in [0.3, 0.4) is 0 Å². The maximum absolute atomic E-state index is 11.9. The van der Waals surface area contributed by atoms with Crippen LogP contribution < -0.4 is 5.32 Å². The number of piperidine rings is 1. The van der Waals surface area contributed by atoms with Gasteiger partial charge in [0, 0.05) is 13.1 Å². The largest absolute Gasteiger partial charge is 0.358 e. The van der Waals surface area contributed by atoms with Crippen molar-refractivity contribution < 1.29 is 4.79 Å². The minimum absolute atomic E-state index is 0.154. The van der Waals surface area contributed by atoms with E-state index in [0.717, 1.165) is 13.0 Å². The van der Waals surface area contributed by atoms with Crippen molar-refractivity contribution >= 4 is 5.91 Å². The summed E-state index contributed by atoms with van der Waals surface area (Å²) in [5, 5.41) is 2.82. The fraction of sp³-hybridized carbons (Fsp3) is 0.923. The molecule has 1 saturated carbocycles. The summed E-state index contributed by atoms with van der Waals surface area (Å²) in [7, 11) is 1.76. The number of carbonyl (C=O) groups excluding carboxylic acids is 1. The molecule has 3 heteroatoms. The Labute approximate surface area is 98.6 Å². The van der Waals surface area contributed by atoms with E-state index in [4.69, 9.17) is 0 Å². The summed E-state index contributed by atoms with van der Waals surface area (Å²) >= 11 is 0. The fourth-order valence-electron chi connectivity index (χ4n) is 3.25. The maximum Gasteiger partial charge on any atom is 0.237 e. The van der Waals surface area contributed by atoms with Crippen molar-refractivity contribution in [2.24, 2.45) is 0 Å². The average molecular weight is 224 g/mol. The van der Waals surface area contributed by atoms with Gasteiger partial charge in [0.25, 0.3) is 0 Å². The van der Waals surface area contributed by atoms with Crippen LogP contribution in [0.25, 0.3) is 0 Å². The molecule has 0 spiro atoms. The second-order valence-corrected chi connectivity index (χ2v) is 5.16. The number of nitrogens with one attached hydrogen (secondary N) is 1. The summed E-state index contributed by atoms with van der Waals surface area (Å²) in [5.41, 5.74) is 0. The number of rotatable bonds is 2.